The summed E-state index contributed by atoms with van der Waals surface area (Å²) in [6, 6.07) is 11.6. The molecule has 14 heteroatoms. The Kier molecular flexibility index (Phi) is 17.0. The molecule has 2 aromatic rings. The fourth-order valence-corrected chi connectivity index (χ4v) is 5.96. The maximum atomic E-state index is 13.0. The number of nitrogens with one attached hydrogen (secondary N) is 1. The molecule has 256 valence electrons. The van der Waals surface area contributed by atoms with Crippen LogP contribution in [0.3, 0.4) is 0 Å². The number of rotatable bonds is 23. The average molecular weight is 672 g/mol. The molecule has 1 saturated heterocycles. The van der Waals surface area contributed by atoms with Gasteiger partial charge in [0.05, 0.1) is 23.2 Å². The number of imide groups is 1. The van der Waals surface area contributed by atoms with Crippen molar-refractivity contribution in [3.05, 3.63) is 60.2 Å². The number of carbonyl (C=O) groups excluding carboxylic acids is 5. The van der Waals surface area contributed by atoms with Crippen LogP contribution < -0.4 is 5.32 Å². The number of aromatic nitrogens is 2. The molecule has 1 aliphatic heterocycles. The number of thioether (sulfide) groups is 1. The maximum absolute atomic E-state index is 13.0. The van der Waals surface area contributed by atoms with Crippen molar-refractivity contribution in [1.29, 1.82) is 0 Å². The molecule has 0 bridgehead atoms. The lowest BCUT2D eigenvalue weighted by molar-refractivity contribution is -0.158. The summed E-state index contributed by atoms with van der Waals surface area (Å²) in [6.07, 6.45) is 4.49. The number of nitrogens with zero attached hydrogens (tertiary/aromatic N) is 4. The Bertz CT molecular complexity index is 1240. The summed E-state index contributed by atoms with van der Waals surface area (Å²) in [6.45, 7) is 4.29. The molecule has 2 unspecified atom stereocenters. The molecule has 3 rings (SSSR count). The number of likely N-dealkylation sites (tertiary alicyclic amines) is 1. The Morgan fingerprint density at radius 2 is 1.72 bits per heavy atom. The predicted octanol–water partition coefficient (Wildman–Crippen LogP) is 2.18. The lowest BCUT2D eigenvalue weighted by Crippen LogP contribution is -2.38. The number of Topliss-reactive ketones (excluding diaryl/α,β-unsaturated/α-hetero) is 1. The lowest BCUT2D eigenvalue weighted by Gasteiger charge is -2.22. The fourth-order valence-electron chi connectivity index (χ4n) is 4.78. The summed E-state index contributed by atoms with van der Waals surface area (Å²) in [5.74, 6) is -0.854. The summed E-state index contributed by atoms with van der Waals surface area (Å²) in [5.41, 5.74) is 1.89. The van der Waals surface area contributed by atoms with Crippen molar-refractivity contribution in [2.45, 2.75) is 63.5 Å². The molecule has 0 spiro atoms. The van der Waals surface area contributed by atoms with Crippen LogP contribution in [0, 0.1) is 0 Å². The van der Waals surface area contributed by atoms with Gasteiger partial charge < -0.3 is 19.5 Å². The summed E-state index contributed by atoms with van der Waals surface area (Å²) in [5, 5.41) is 2.18. The van der Waals surface area contributed by atoms with E-state index in [0.29, 0.717) is 51.3 Å². The van der Waals surface area contributed by atoms with E-state index in [-0.39, 0.29) is 56.7 Å². The minimum atomic E-state index is -0.929. The second-order valence-corrected chi connectivity index (χ2v) is 12.3. The number of hydrogen-bond acceptors (Lipinski definition) is 12. The number of pyridine rings is 2. The number of carbonyl (C=O) groups is 5. The highest BCUT2D eigenvalue weighted by Crippen LogP contribution is 2.26. The Hall–Kier alpha value is -3.72. The second-order valence-electron chi connectivity index (χ2n) is 11.0. The molecule has 2 atom stereocenters. The van der Waals surface area contributed by atoms with Crippen LogP contribution in [0.5, 0.6) is 0 Å². The predicted molar refractivity (Wildman–Crippen MR) is 175 cm³/mol. The van der Waals surface area contributed by atoms with Crippen molar-refractivity contribution >= 4 is 41.2 Å². The SMILES string of the molecule is COCC(=O)OC(C)C(=O)NCCOCCCCC(=O)CCN1C(=O)CC(SCCN(Cc2ccccn2)Cc2ccccn2)C1=O. The third-order valence-corrected chi connectivity index (χ3v) is 8.44. The molecule has 47 heavy (non-hydrogen) atoms. The molecule has 13 nitrogen and oxygen atoms in total. The van der Waals surface area contributed by atoms with Gasteiger partial charge in [-0.05, 0) is 44.0 Å². The smallest absolute Gasteiger partial charge is 0.332 e. The molecular formula is C33H45N5O8S. The first-order valence-corrected chi connectivity index (χ1v) is 16.8. The number of unbranched alkanes of at least 4 members (excludes halogenated alkanes) is 1. The number of ketones is 1. The number of amides is 3. The van der Waals surface area contributed by atoms with Crippen molar-refractivity contribution in [1.82, 2.24) is 25.1 Å². The summed E-state index contributed by atoms with van der Waals surface area (Å²) in [7, 11) is 1.36. The van der Waals surface area contributed by atoms with Crippen LogP contribution in [-0.4, -0.2) is 113 Å². The summed E-state index contributed by atoms with van der Waals surface area (Å²) < 4.78 is 15.1. The van der Waals surface area contributed by atoms with Gasteiger partial charge in [-0.1, -0.05) is 12.1 Å². The zero-order valence-corrected chi connectivity index (χ0v) is 28.0. The normalized spacial score (nSPS) is 15.2. The molecular weight excluding hydrogens is 626 g/mol. The van der Waals surface area contributed by atoms with Gasteiger partial charge in [-0.15, -0.1) is 11.8 Å². The van der Waals surface area contributed by atoms with E-state index >= 15 is 0 Å². The van der Waals surface area contributed by atoms with Crippen molar-refractivity contribution < 1.29 is 38.2 Å². The molecule has 1 fully saturated rings. The van der Waals surface area contributed by atoms with Crippen molar-refractivity contribution in [2.75, 3.05) is 52.3 Å². The average Bonchev–Trinajstić information content (AvgIpc) is 3.33. The topological polar surface area (TPSA) is 157 Å². The van der Waals surface area contributed by atoms with E-state index < -0.39 is 23.2 Å². The van der Waals surface area contributed by atoms with E-state index in [2.05, 4.69) is 24.9 Å². The van der Waals surface area contributed by atoms with Gasteiger partial charge in [0.25, 0.3) is 5.91 Å². The van der Waals surface area contributed by atoms with Crippen LogP contribution in [0.25, 0.3) is 0 Å². The van der Waals surface area contributed by atoms with E-state index in [1.54, 1.807) is 12.4 Å². The molecule has 0 saturated carbocycles. The molecule has 3 heterocycles. The van der Waals surface area contributed by atoms with Gasteiger partial charge in [0.15, 0.2) is 6.10 Å². The Balaban J connectivity index is 1.28. The second kappa shape index (κ2) is 21.2. The van der Waals surface area contributed by atoms with E-state index in [1.807, 2.05) is 36.4 Å². The van der Waals surface area contributed by atoms with E-state index in [9.17, 15) is 24.0 Å². The minimum absolute atomic E-state index is 0.00865. The van der Waals surface area contributed by atoms with E-state index in [4.69, 9.17) is 9.47 Å². The Morgan fingerprint density at radius 3 is 2.36 bits per heavy atom. The zero-order valence-electron chi connectivity index (χ0n) is 27.1. The number of methoxy groups -OCH3 is 1. The standard InChI is InChI=1S/C33H45N5O8S/c1-25(46-31(41)24-44-2)32(42)36-15-19-45-18-8-5-11-28(39)12-16-38-30(40)21-29(33(38)43)47-20-17-37(22-26-9-3-6-13-34-26)23-27-10-4-7-14-35-27/h3-4,6-7,9-10,13-14,25,29H,5,8,11-12,15-24H2,1-2H3,(H,36,42). The highest BCUT2D eigenvalue weighted by Gasteiger charge is 2.38. The quantitative estimate of drug-likeness (QED) is 0.105. The van der Waals surface area contributed by atoms with Gasteiger partial charge >= 0.3 is 5.97 Å². The summed E-state index contributed by atoms with van der Waals surface area (Å²) in [4.78, 5) is 73.6. The molecule has 0 radical (unpaired) electrons. The molecule has 1 N–H and O–H groups in total. The monoisotopic (exact) mass is 671 g/mol. The Labute approximate surface area is 280 Å². The summed E-state index contributed by atoms with van der Waals surface area (Å²) >= 11 is 1.47. The van der Waals surface area contributed by atoms with Crippen LogP contribution >= 0.6 is 11.8 Å². The van der Waals surface area contributed by atoms with E-state index in [0.717, 1.165) is 11.4 Å². The zero-order chi connectivity index (χ0) is 33.9. The van der Waals surface area contributed by atoms with Gasteiger partial charge in [0, 0.05) is 83.8 Å². The van der Waals surface area contributed by atoms with Crippen molar-refractivity contribution in [2.24, 2.45) is 0 Å². The van der Waals surface area contributed by atoms with Crippen LogP contribution in [0.15, 0.2) is 48.8 Å². The first-order valence-electron chi connectivity index (χ1n) is 15.8. The first-order chi connectivity index (χ1) is 22.8. The molecule has 2 aromatic heterocycles. The van der Waals surface area contributed by atoms with Gasteiger partial charge in [0.2, 0.25) is 11.8 Å². The Morgan fingerprint density at radius 1 is 1.02 bits per heavy atom. The number of hydrogen-bond donors (Lipinski definition) is 1. The lowest BCUT2D eigenvalue weighted by atomic mass is 10.1. The van der Waals surface area contributed by atoms with Gasteiger partial charge in [0.1, 0.15) is 12.4 Å². The minimum Gasteiger partial charge on any atom is -0.451 e. The van der Waals surface area contributed by atoms with Crippen molar-refractivity contribution in [3.63, 3.8) is 0 Å². The molecule has 3 amide bonds. The number of ether oxygens (including phenoxy) is 3. The molecule has 0 aromatic carbocycles. The molecule has 0 aliphatic carbocycles. The molecule has 1 aliphatic rings. The maximum Gasteiger partial charge on any atom is 0.332 e. The third kappa shape index (κ3) is 14.3. The number of esters is 1. The third-order valence-electron chi connectivity index (χ3n) is 7.25. The first kappa shape index (κ1) is 37.7. The van der Waals surface area contributed by atoms with Gasteiger partial charge in [-0.2, -0.15) is 0 Å². The van der Waals surface area contributed by atoms with Crippen LogP contribution in [0.1, 0.15) is 50.4 Å². The van der Waals surface area contributed by atoms with Crippen LogP contribution in [0.4, 0.5) is 0 Å². The largest absolute Gasteiger partial charge is 0.451 e. The van der Waals surface area contributed by atoms with Gasteiger partial charge in [-0.25, -0.2) is 4.79 Å². The van der Waals surface area contributed by atoms with E-state index in [1.165, 1.54) is 30.7 Å². The van der Waals surface area contributed by atoms with Gasteiger partial charge in [-0.3, -0.25) is 38.9 Å². The van der Waals surface area contributed by atoms with Crippen LogP contribution in [0.2, 0.25) is 0 Å². The van der Waals surface area contributed by atoms with Crippen molar-refractivity contribution in [3.8, 4) is 0 Å². The fraction of sp³-hybridized carbons (Fsp3) is 0.545. The highest BCUT2D eigenvalue weighted by atomic mass is 32.2. The van der Waals surface area contributed by atoms with Crippen LogP contribution in [-0.2, 0) is 51.3 Å². The highest BCUT2D eigenvalue weighted by molar-refractivity contribution is 8.00.